The minimum absolute atomic E-state index is 0.0605. The van der Waals surface area contributed by atoms with E-state index in [2.05, 4.69) is 5.32 Å². The van der Waals surface area contributed by atoms with E-state index < -0.39 is 28.5 Å². The number of hydrogen-bond acceptors (Lipinski definition) is 5. The van der Waals surface area contributed by atoms with Crippen LogP contribution in [0, 0.1) is 0 Å². The molecule has 0 heterocycles. The summed E-state index contributed by atoms with van der Waals surface area (Å²) in [5.74, 6) is -0.291. The standard InChI is InChI=1S/C30H36ClN3O5S/c1-5-22(2)32-30(36)28(19-23-10-7-6-8-11-23)33(20-24-12-9-13-25(31)18-24)29(35)21-34(40(4,37)38)26-14-16-27(39-3)17-15-26/h6-18,22,28H,5,19-21H2,1-4H3,(H,32,36). The smallest absolute Gasteiger partial charge is 0.244 e. The van der Waals surface area contributed by atoms with Crippen molar-refractivity contribution in [2.75, 3.05) is 24.2 Å². The molecule has 1 N–H and O–H groups in total. The Morgan fingerprint density at radius 2 is 1.62 bits per heavy atom. The number of benzene rings is 3. The minimum atomic E-state index is -3.85. The van der Waals surface area contributed by atoms with Crippen molar-refractivity contribution in [1.82, 2.24) is 10.2 Å². The summed E-state index contributed by atoms with van der Waals surface area (Å²) in [5.41, 5.74) is 1.89. The van der Waals surface area contributed by atoms with Gasteiger partial charge in [-0.25, -0.2) is 8.42 Å². The second kappa shape index (κ2) is 14.2. The molecule has 2 amide bonds. The van der Waals surface area contributed by atoms with E-state index in [0.717, 1.165) is 16.1 Å². The van der Waals surface area contributed by atoms with Crippen molar-refractivity contribution in [3.05, 3.63) is 95.0 Å². The van der Waals surface area contributed by atoms with Crippen LogP contribution in [0.15, 0.2) is 78.9 Å². The van der Waals surface area contributed by atoms with Gasteiger partial charge in [-0.1, -0.05) is 61.0 Å². The minimum Gasteiger partial charge on any atom is -0.497 e. The van der Waals surface area contributed by atoms with E-state index in [4.69, 9.17) is 16.3 Å². The Bertz CT molecular complexity index is 1380. The highest BCUT2D eigenvalue weighted by Crippen LogP contribution is 2.23. The number of sulfonamides is 1. The zero-order chi connectivity index (χ0) is 29.3. The first-order chi connectivity index (χ1) is 19.0. The van der Waals surface area contributed by atoms with E-state index in [0.29, 0.717) is 28.4 Å². The summed E-state index contributed by atoms with van der Waals surface area (Å²) < 4.78 is 31.9. The quantitative estimate of drug-likeness (QED) is 0.314. The fraction of sp³-hybridized carbons (Fsp3) is 0.333. The van der Waals surface area contributed by atoms with E-state index in [1.165, 1.54) is 12.0 Å². The molecule has 0 radical (unpaired) electrons. The van der Waals surface area contributed by atoms with Gasteiger partial charge in [0.05, 0.1) is 19.1 Å². The van der Waals surface area contributed by atoms with Gasteiger partial charge >= 0.3 is 0 Å². The monoisotopic (exact) mass is 585 g/mol. The van der Waals surface area contributed by atoms with Gasteiger partial charge in [0.2, 0.25) is 21.8 Å². The third-order valence-electron chi connectivity index (χ3n) is 6.55. The van der Waals surface area contributed by atoms with Crippen LogP contribution in [0.2, 0.25) is 5.02 Å². The van der Waals surface area contributed by atoms with Gasteiger partial charge in [0, 0.05) is 24.0 Å². The lowest BCUT2D eigenvalue weighted by Crippen LogP contribution is -2.54. The van der Waals surface area contributed by atoms with Gasteiger partial charge in [-0.3, -0.25) is 13.9 Å². The van der Waals surface area contributed by atoms with Crippen LogP contribution >= 0.6 is 11.6 Å². The molecule has 3 aromatic carbocycles. The largest absolute Gasteiger partial charge is 0.497 e. The first-order valence-corrected chi connectivity index (χ1v) is 15.2. The summed E-state index contributed by atoms with van der Waals surface area (Å²) in [4.78, 5) is 29.2. The molecular weight excluding hydrogens is 550 g/mol. The van der Waals surface area contributed by atoms with Gasteiger partial charge in [-0.05, 0) is 60.9 Å². The van der Waals surface area contributed by atoms with E-state index >= 15 is 0 Å². The van der Waals surface area contributed by atoms with Gasteiger partial charge in [0.25, 0.3) is 0 Å². The average Bonchev–Trinajstić information content (AvgIpc) is 2.93. The highest BCUT2D eigenvalue weighted by molar-refractivity contribution is 7.92. The van der Waals surface area contributed by atoms with Crippen LogP contribution in [0.3, 0.4) is 0 Å². The van der Waals surface area contributed by atoms with Crippen molar-refractivity contribution in [2.24, 2.45) is 0 Å². The average molecular weight is 586 g/mol. The molecule has 40 heavy (non-hydrogen) atoms. The van der Waals surface area contributed by atoms with Crippen LogP contribution in [0.4, 0.5) is 5.69 Å². The van der Waals surface area contributed by atoms with Gasteiger partial charge in [-0.2, -0.15) is 0 Å². The Hall–Kier alpha value is -3.56. The molecule has 0 aliphatic rings. The molecule has 0 saturated carbocycles. The van der Waals surface area contributed by atoms with Crippen LogP contribution in [0.1, 0.15) is 31.4 Å². The molecule has 0 spiro atoms. The number of amides is 2. The molecule has 0 aliphatic heterocycles. The zero-order valence-electron chi connectivity index (χ0n) is 23.2. The lowest BCUT2D eigenvalue weighted by molar-refractivity contribution is -0.140. The SMILES string of the molecule is CCC(C)NC(=O)C(Cc1ccccc1)N(Cc1cccc(Cl)c1)C(=O)CN(c1ccc(OC)cc1)S(C)(=O)=O. The number of methoxy groups -OCH3 is 1. The number of carbonyl (C=O) groups excluding carboxylic acids is 2. The molecule has 3 rings (SSSR count). The van der Waals surface area contributed by atoms with Crippen LogP contribution in [0.5, 0.6) is 5.75 Å². The fourth-order valence-corrected chi connectivity index (χ4v) is 5.25. The van der Waals surface area contributed by atoms with Crippen LogP contribution in [-0.4, -0.2) is 57.1 Å². The highest BCUT2D eigenvalue weighted by Gasteiger charge is 2.33. The second-order valence-corrected chi connectivity index (χ2v) is 12.0. The number of carbonyl (C=O) groups is 2. The summed E-state index contributed by atoms with van der Waals surface area (Å²) >= 11 is 6.24. The molecule has 0 aliphatic carbocycles. The maximum atomic E-state index is 14.1. The van der Waals surface area contributed by atoms with E-state index in [9.17, 15) is 18.0 Å². The molecule has 214 valence electrons. The Balaban J connectivity index is 2.05. The number of rotatable bonds is 13. The Labute approximate surface area is 241 Å². The normalized spacial score (nSPS) is 12.7. The van der Waals surface area contributed by atoms with Crippen molar-refractivity contribution in [3.63, 3.8) is 0 Å². The van der Waals surface area contributed by atoms with Gasteiger partial charge in [0.1, 0.15) is 18.3 Å². The predicted molar refractivity (Wildman–Crippen MR) is 159 cm³/mol. The molecule has 0 aromatic heterocycles. The molecule has 0 fully saturated rings. The van der Waals surface area contributed by atoms with Gasteiger partial charge in [-0.15, -0.1) is 0 Å². The first-order valence-electron chi connectivity index (χ1n) is 13.0. The number of anilines is 1. The van der Waals surface area contributed by atoms with Crippen molar-refractivity contribution in [2.45, 2.75) is 45.3 Å². The lowest BCUT2D eigenvalue weighted by atomic mass is 10.0. The number of nitrogens with one attached hydrogen (secondary N) is 1. The van der Waals surface area contributed by atoms with Gasteiger partial charge < -0.3 is 15.0 Å². The van der Waals surface area contributed by atoms with E-state index in [1.54, 1.807) is 42.5 Å². The molecule has 8 nitrogen and oxygen atoms in total. The van der Waals surface area contributed by atoms with Gasteiger partial charge in [0.15, 0.2) is 0 Å². The molecule has 0 saturated heterocycles. The molecule has 2 atom stereocenters. The van der Waals surface area contributed by atoms with Crippen LogP contribution < -0.4 is 14.4 Å². The molecular formula is C30H36ClN3O5S. The summed E-state index contributed by atoms with van der Waals surface area (Å²) in [5, 5.41) is 3.50. The van der Waals surface area contributed by atoms with Crippen molar-refractivity contribution in [3.8, 4) is 5.75 Å². The summed E-state index contributed by atoms with van der Waals surface area (Å²) in [6.07, 6.45) is 2.01. The summed E-state index contributed by atoms with van der Waals surface area (Å²) in [7, 11) is -2.34. The topological polar surface area (TPSA) is 96.0 Å². The number of hydrogen-bond donors (Lipinski definition) is 1. The lowest BCUT2D eigenvalue weighted by Gasteiger charge is -2.34. The highest BCUT2D eigenvalue weighted by atomic mass is 35.5. The van der Waals surface area contributed by atoms with Crippen molar-refractivity contribution >= 4 is 39.1 Å². The van der Waals surface area contributed by atoms with Crippen molar-refractivity contribution < 1.29 is 22.7 Å². The zero-order valence-corrected chi connectivity index (χ0v) is 24.8. The summed E-state index contributed by atoms with van der Waals surface area (Å²) in [6, 6.07) is 21.8. The predicted octanol–water partition coefficient (Wildman–Crippen LogP) is 4.67. The Morgan fingerprint density at radius 1 is 0.975 bits per heavy atom. The number of halogens is 1. The Morgan fingerprint density at radius 3 is 2.20 bits per heavy atom. The first kappa shape index (κ1) is 31.0. The third-order valence-corrected chi connectivity index (χ3v) is 7.93. The van der Waals surface area contributed by atoms with Crippen molar-refractivity contribution in [1.29, 1.82) is 0 Å². The van der Waals surface area contributed by atoms with E-state index in [1.807, 2.05) is 50.2 Å². The number of ether oxygens (including phenoxy) is 1. The number of nitrogens with zero attached hydrogens (tertiary/aromatic N) is 2. The molecule has 10 heteroatoms. The molecule has 3 aromatic rings. The fourth-order valence-electron chi connectivity index (χ4n) is 4.19. The van der Waals surface area contributed by atoms with Crippen LogP contribution in [0.25, 0.3) is 0 Å². The van der Waals surface area contributed by atoms with Crippen LogP contribution in [-0.2, 0) is 32.6 Å². The maximum Gasteiger partial charge on any atom is 0.244 e. The van der Waals surface area contributed by atoms with E-state index in [-0.39, 0.29) is 24.9 Å². The maximum absolute atomic E-state index is 14.1. The second-order valence-electron chi connectivity index (χ2n) is 9.64. The summed E-state index contributed by atoms with van der Waals surface area (Å²) in [6.45, 7) is 3.43. The molecule has 0 bridgehead atoms. The third kappa shape index (κ3) is 8.72. The Kier molecular flexibility index (Phi) is 11.0. The molecule has 2 unspecified atom stereocenters.